The monoisotopic (exact) mass is 257 g/mol. The van der Waals surface area contributed by atoms with E-state index in [0.717, 1.165) is 28.6 Å². The summed E-state index contributed by atoms with van der Waals surface area (Å²) in [7, 11) is 1.67. The van der Waals surface area contributed by atoms with Gasteiger partial charge in [-0.3, -0.25) is 0 Å². The average molecular weight is 258 g/mol. The number of benzene rings is 1. The molecule has 0 aromatic heterocycles. The number of rotatable bonds is 4. The summed E-state index contributed by atoms with van der Waals surface area (Å²) in [6.45, 7) is 2.13. The second-order valence-corrected chi connectivity index (χ2v) is 4.14. The van der Waals surface area contributed by atoms with Crippen LogP contribution in [0.4, 0.5) is 0 Å². The van der Waals surface area contributed by atoms with Crippen LogP contribution in [0, 0.1) is 0 Å². The van der Waals surface area contributed by atoms with Gasteiger partial charge in [0, 0.05) is 10.5 Å². The topological polar surface area (TPSA) is 35.2 Å². The normalized spacial score (nSPS) is 12.6. The minimum absolute atomic E-state index is 0.0875. The largest absolute Gasteiger partial charge is 0.497 e. The number of halogens is 1. The fourth-order valence-electron chi connectivity index (χ4n) is 1.40. The summed E-state index contributed by atoms with van der Waals surface area (Å²) < 4.78 is 6.22. The SMILES string of the molecule is CCCC(N)c1cc(OC)ccc1Br. The molecule has 78 valence electrons. The van der Waals surface area contributed by atoms with Crippen LogP contribution in [0.5, 0.6) is 5.75 Å². The lowest BCUT2D eigenvalue weighted by molar-refractivity contribution is 0.413. The molecule has 0 saturated heterocycles. The van der Waals surface area contributed by atoms with Crippen LogP contribution in [0.1, 0.15) is 31.4 Å². The van der Waals surface area contributed by atoms with Crippen LogP contribution in [-0.4, -0.2) is 7.11 Å². The van der Waals surface area contributed by atoms with Gasteiger partial charge in [-0.25, -0.2) is 0 Å². The van der Waals surface area contributed by atoms with Gasteiger partial charge in [-0.05, 0) is 30.2 Å². The van der Waals surface area contributed by atoms with Gasteiger partial charge in [-0.1, -0.05) is 29.3 Å². The predicted molar refractivity (Wildman–Crippen MR) is 62.5 cm³/mol. The maximum atomic E-state index is 6.04. The van der Waals surface area contributed by atoms with E-state index in [9.17, 15) is 0 Å². The Balaban J connectivity index is 2.93. The van der Waals surface area contributed by atoms with Gasteiger partial charge in [0.15, 0.2) is 0 Å². The van der Waals surface area contributed by atoms with Crippen LogP contribution in [0.2, 0.25) is 0 Å². The summed E-state index contributed by atoms with van der Waals surface area (Å²) in [6, 6.07) is 5.98. The molecule has 1 unspecified atom stereocenters. The standard InChI is InChI=1S/C11H16BrNO/c1-3-4-11(13)9-7-8(14-2)5-6-10(9)12/h5-7,11H,3-4,13H2,1-2H3. The molecule has 1 aromatic rings. The van der Waals surface area contributed by atoms with Crippen LogP contribution < -0.4 is 10.5 Å². The summed E-state index contributed by atoms with van der Waals surface area (Å²) in [5.74, 6) is 0.856. The zero-order valence-corrected chi connectivity index (χ0v) is 10.2. The van der Waals surface area contributed by atoms with Crippen LogP contribution in [-0.2, 0) is 0 Å². The third-order valence-electron chi connectivity index (χ3n) is 2.20. The average Bonchev–Trinajstić information content (AvgIpc) is 2.19. The third kappa shape index (κ3) is 2.72. The maximum absolute atomic E-state index is 6.04. The molecule has 0 amide bonds. The van der Waals surface area contributed by atoms with Crippen LogP contribution in [0.15, 0.2) is 22.7 Å². The molecule has 0 radical (unpaired) electrons. The Kier molecular flexibility index (Phi) is 4.42. The summed E-state index contributed by atoms with van der Waals surface area (Å²) in [4.78, 5) is 0. The third-order valence-corrected chi connectivity index (χ3v) is 2.92. The number of methoxy groups -OCH3 is 1. The highest BCUT2D eigenvalue weighted by atomic mass is 79.9. The summed E-state index contributed by atoms with van der Waals surface area (Å²) in [6.07, 6.45) is 2.08. The van der Waals surface area contributed by atoms with E-state index in [1.165, 1.54) is 0 Å². The van der Waals surface area contributed by atoms with Crippen LogP contribution >= 0.6 is 15.9 Å². The van der Waals surface area contributed by atoms with E-state index in [1.807, 2.05) is 18.2 Å². The van der Waals surface area contributed by atoms with Crippen molar-refractivity contribution in [3.05, 3.63) is 28.2 Å². The number of nitrogens with two attached hydrogens (primary N) is 1. The molecule has 0 aliphatic carbocycles. The number of hydrogen-bond donors (Lipinski definition) is 1. The highest BCUT2D eigenvalue weighted by molar-refractivity contribution is 9.10. The van der Waals surface area contributed by atoms with Crippen molar-refractivity contribution in [2.45, 2.75) is 25.8 Å². The lowest BCUT2D eigenvalue weighted by Crippen LogP contribution is -2.10. The minimum Gasteiger partial charge on any atom is -0.497 e. The lowest BCUT2D eigenvalue weighted by Gasteiger charge is -2.13. The minimum atomic E-state index is 0.0875. The molecule has 14 heavy (non-hydrogen) atoms. The number of ether oxygens (including phenoxy) is 1. The zero-order chi connectivity index (χ0) is 10.6. The Hall–Kier alpha value is -0.540. The first kappa shape index (κ1) is 11.5. The van der Waals surface area contributed by atoms with Crippen LogP contribution in [0.25, 0.3) is 0 Å². The van der Waals surface area contributed by atoms with Crippen LogP contribution in [0.3, 0.4) is 0 Å². The highest BCUT2D eigenvalue weighted by Crippen LogP contribution is 2.28. The molecular formula is C11H16BrNO. The Morgan fingerprint density at radius 2 is 2.21 bits per heavy atom. The maximum Gasteiger partial charge on any atom is 0.119 e. The molecule has 0 aliphatic rings. The van der Waals surface area contributed by atoms with Crippen molar-refractivity contribution in [1.29, 1.82) is 0 Å². The fraction of sp³-hybridized carbons (Fsp3) is 0.455. The molecule has 0 saturated carbocycles. The number of hydrogen-bond acceptors (Lipinski definition) is 2. The van der Waals surface area contributed by atoms with E-state index >= 15 is 0 Å². The molecule has 1 atom stereocenters. The molecule has 0 aliphatic heterocycles. The summed E-state index contributed by atoms with van der Waals surface area (Å²) >= 11 is 3.49. The predicted octanol–water partition coefficient (Wildman–Crippen LogP) is 3.26. The van der Waals surface area contributed by atoms with Crippen molar-refractivity contribution in [2.75, 3.05) is 7.11 Å². The summed E-state index contributed by atoms with van der Waals surface area (Å²) in [5, 5.41) is 0. The van der Waals surface area contributed by atoms with E-state index in [0.29, 0.717) is 0 Å². The van der Waals surface area contributed by atoms with Gasteiger partial charge in [0.25, 0.3) is 0 Å². The Bertz CT molecular complexity index is 301. The van der Waals surface area contributed by atoms with Crippen molar-refractivity contribution in [1.82, 2.24) is 0 Å². The molecule has 0 bridgehead atoms. The highest BCUT2D eigenvalue weighted by Gasteiger charge is 2.09. The van der Waals surface area contributed by atoms with Crippen molar-refractivity contribution < 1.29 is 4.74 Å². The fourth-order valence-corrected chi connectivity index (χ4v) is 1.94. The Labute approximate surface area is 93.6 Å². The van der Waals surface area contributed by atoms with Gasteiger partial charge in [-0.15, -0.1) is 0 Å². The van der Waals surface area contributed by atoms with Crippen molar-refractivity contribution >= 4 is 15.9 Å². The van der Waals surface area contributed by atoms with Crippen molar-refractivity contribution in [3.8, 4) is 5.75 Å². The Morgan fingerprint density at radius 1 is 1.50 bits per heavy atom. The second kappa shape index (κ2) is 5.37. The first-order valence-electron chi connectivity index (χ1n) is 4.78. The summed E-state index contributed by atoms with van der Waals surface area (Å²) in [5.41, 5.74) is 7.16. The molecule has 1 aromatic carbocycles. The smallest absolute Gasteiger partial charge is 0.119 e. The van der Waals surface area contributed by atoms with Crippen molar-refractivity contribution in [2.24, 2.45) is 5.73 Å². The van der Waals surface area contributed by atoms with Crippen molar-refractivity contribution in [3.63, 3.8) is 0 Å². The molecule has 3 heteroatoms. The van der Waals surface area contributed by atoms with E-state index in [1.54, 1.807) is 7.11 Å². The lowest BCUT2D eigenvalue weighted by atomic mass is 10.0. The molecule has 0 fully saturated rings. The molecular weight excluding hydrogens is 242 g/mol. The van der Waals surface area contributed by atoms with E-state index in [-0.39, 0.29) is 6.04 Å². The van der Waals surface area contributed by atoms with E-state index in [2.05, 4.69) is 22.9 Å². The second-order valence-electron chi connectivity index (χ2n) is 3.28. The van der Waals surface area contributed by atoms with Gasteiger partial charge >= 0.3 is 0 Å². The van der Waals surface area contributed by atoms with Gasteiger partial charge in [0.05, 0.1) is 7.11 Å². The van der Waals surface area contributed by atoms with Gasteiger partial charge in [0.1, 0.15) is 5.75 Å². The molecule has 0 spiro atoms. The molecule has 1 rings (SSSR count). The Morgan fingerprint density at radius 3 is 2.79 bits per heavy atom. The quantitative estimate of drug-likeness (QED) is 0.899. The molecule has 2 N–H and O–H groups in total. The van der Waals surface area contributed by atoms with Gasteiger partial charge < -0.3 is 10.5 Å². The van der Waals surface area contributed by atoms with E-state index < -0.39 is 0 Å². The van der Waals surface area contributed by atoms with Gasteiger partial charge in [-0.2, -0.15) is 0 Å². The molecule has 0 heterocycles. The van der Waals surface area contributed by atoms with Gasteiger partial charge in [0.2, 0.25) is 0 Å². The van der Waals surface area contributed by atoms with E-state index in [4.69, 9.17) is 10.5 Å². The first-order chi connectivity index (χ1) is 6.69. The zero-order valence-electron chi connectivity index (χ0n) is 8.59. The first-order valence-corrected chi connectivity index (χ1v) is 5.57. The molecule has 2 nitrogen and oxygen atoms in total.